The molecule has 1 N–H and O–H groups in total. The van der Waals surface area contributed by atoms with E-state index in [4.69, 9.17) is 18.7 Å². The quantitative estimate of drug-likeness (QED) is 0.271. The number of aromatic amines is 1. The maximum atomic E-state index is 6.29. The van der Waals surface area contributed by atoms with Crippen LogP contribution in [0.1, 0.15) is 27.7 Å². The third-order valence-electron chi connectivity index (χ3n) is 7.89. The van der Waals surface area contributed by atoms with Crippen molar-refractivity contribution in [3.05, 3.63) is 84.9 Å². The van der Waals surface area contributed by atoms with Crippen molar-refractivity contribution in [2.45, 2.75) is 38.9 Å². The van der Waals surface area contributed by atoms with E-state index in [1.807, 2.05) is 36.4 Å². The summed E-state index contributed by atoms with van der Waals surface area (Å²) in [5.74, 6) is 0.627. The Morgan fingerprint density at radius 2 is 1.43 bits per heavy atom. The van der Waals surface area contributed by atoms with Gasteiger partial charge in [0.2, 0.25) is 5.89 Å². The van der Waals surface area contributed by atoms with Gasteiger partial charge in [0.15, 0.2) is 5.58 Å². The number of rotatable bonds is 3. The molecule has 1 aliphatic heterocycles. The van der Waals surface area contributed by atoms with Crippen molar-refractivity contribution in [2.24, 2.45) is 0 Å². The molecule has 4 aromatic carbocycles. The van der Waals surface area contributed by atoms with Gasteiger partial charge in [0.05, 0.1) is 16.7 Å². The standard InChI is InChI=1S/C31H27BN2O3/c1-30(2)31(3,4)37-32(36-30)22-12-8-11-20(17-22)21-13-15-25-24(18-21)23-14-16-26-28(27(23)33-25)35-29(34-26)19-9-6-5-7-10-19/h5-18,33H,1-4H3. The maximum absolute atomic E-state index is 6.29. The van der Waals surface area contributed by atoms with Crippen LogP contribution in [0.25, 0.3) is 55.5 Å². The lowest BCUT2D eigenvalue weighted by Crippen LogP contribution is -2.41. The van der Waals surface area contributed by atoms with Crippen LogP contribution in [-0.4, -0.2) is 28.3 Å². The van der Waals surface area contributed by atoms with Gasteiger partial charge in [-0.05, 0) is 80.7 Å². The van der Waals surface area contributed by atoms with Crippen molar-refractivity contribution < 1.29 is 13.7 Å². The van der Waals surface area contributed by atoms with Crippen molar-refractivity contribution >= 4 is 45.5 Å². The molecule has 0 radical (unpaired) electrons. The molecule has 3 heterocycles. The van der Waals surface area contributed by atoms with Crippen molar-refractivity contribution in [3.8, 4) is 22.6 Å². The number of hydrogen-bond donors (Lipinski definition) is 1. The van der Waals surface area contributed by atoms with Crippen LogP contribution in [-0.2, 0) is 9.31 Å². The molecule has 1 saturated heterocycles. The number of aromatic nitrogens is 2. The van der Waals surface area contributed by atoms with Crippen molar-refractivity contribution in [2.75, 3.05) is 0 Å². The average Bonchev–Trinajstić information content (AvgIpc) is 3.55. The molecule has 2 aromatic heterocycles. The number of nitrogens with zero attached hydrogens (tertiary/aromatic N) is 1. The summed E-state index contributed by atoms with van der Waals surface area (Å²) < 4.78 is 18.8. The third-order valence-corrected chi connectivity index (χ3v) is 7.89. The zero-order valence-electron chi connectivity index (χ0n) is 21.3. The highest BCUT2D eigenvalue weighted by molar-refractivity contribution is 6.62. The highest BCUT2D eigenvalue weighted by atomic mass is 16.7. The first kappa shape index (κ1) is 22.3. The number of H-pyrrole nitrogens is 1. The SMILES string of the molecule is CC1(C)OB(c2cccc(-c3ccc4[nH]c5c(ccc6nc(-c7ccccc7)oc65)c4c3)c2)OC1(C)C. The molecule has 37 heavy (non-hydrogen) atoms. The van der Waals surface area contributed by atoms with Crippen LogP contribution in [0.4, 0.5) is 0 Å². The maximum Gasteiger partial charge on any atom is 0.494 e. The van der Waals surface area contributed by atoms with E-state index >= 15 is 0 Å². The molecule has 0 bridgehead atoms. The van der Waals surface area contributed by atoms with Crippen molar-refractivity contribution in [1.29, 1.82) is 0 Å². The van der Waals surface area contributed by atoms with Gasteiger partial charge in [0, 0.05) is 21.9 Å². The van der Waals surface area contributed by atoms with Crippen LogP contribution in [0, 0.1) is 0 Å². The van der Waals surface area contributed by atoms with Gasteiger partial charge in [-0.15, -0.1) is 0 Å². The molecule has 0 aliphatic carbocycles. The predicted molar refractivity (Wildman–Crippen MR) is 150 cm³/mol. The van der Waals surface area contributed by atoms with Gasteiger partial charge in [-0.3, -0.25) is 0 Å². The molecule has 1 fully saturated rings. The first-order chi connectivity index (χ1) is 17.8. The van der Waals surface area contributed by atoms with Gasteiger partial charge in [-0.2, -0.15) is 0 Å². The van der Waals surface area contributed by atoms with Gasteiger partial charge in [0.25, 0.3) is 0 Å². The molecular formula is C31H27BN2O3. The van der Waals surface area contributed by atoms with E-state index in [0.29, 0.717) is 5.89 Å². The number of nitrogens with one attached hydrogen (secondary N) is 1. The smallest absolute Gasteiger partial charge is 0.434 e. The largest absolute Gasteiger partial charge is 0.494 e. The molecule has 0 amide bonds. The van der Waals surface area contributed by atoms with Crippen LogP contribution < -0.4 is 5.46 Å². The zero-order valence-corrected chi connectivity index (χ0v) is 21.3. The lowest BCUT2D eigenvalue weighted by molar-refractivity contribution is 0.00578. The van der Waals surface area contributed by atoms with Gasteiger partial charge in [-0.25, -0.2) is 4.98 Å². The summed E-state index contributed by atoms with van der Waals surface area (Å²) in [4.78, 5) is 8.29. The zero-order chi connectivity index (χ0) is 25.4. The minimum atomic E-state index is -0.389. The van der Waals surface area contributed by atoms with E-state index in [1.165, 1.54) is 0 Å². The van der Waals surface area contributed by atoms with Crippen LogP contribution in [0.2, 0.25) is 0 Å². The average molecular weight is 486 g/mol. The molecule has 0 saturated carbocycles. The molecule has 6 aromatic rings. The minimum Gasteiger partial charge on any atom is -0.434 e. The van der Waals surface area contributed by atoms with E-state index in [2.05, 4.69) is 81.2 Å². The highest BCUT2D eigenvalue weighted by Crippen LogP contribution is 2.38. The second kappa shape index (κ2) is 7.82. The summed E-state index contributed by atoms with van der Waals surface area (Å²) in [6, 6.07) is 29.1. The Morgan fingerprint density at radius 3 is 2.22 bits per heavy atom. The Labute approximate surface area is 215 Å². The Bertz CT molecular complexity index is 1780. The molecule has 1 aliphatic rings. The summed E-state index contributed by atoms with van der Waals surface area (Å²) in [6.45, 7) is 8.32. The second-order valence-electron chi connectivity index (χ2n) is 10.8. The van der Waals surface area contributed by atoms with E-state index in [1.54, 1.807) is 0 Å². The fourth-order valence-corrected chi connectivity index (χ4v) is 5.08. The minimum absolute atomic E-state index is 0.372. The van der Waals surface area contributed by atoms with Crippen LogP contribution >= 0.6 is 0 Å². The molecule has 7 rings (SSSR count). The fraction of sp³-hybridized carbons (Fsp3) is 0.194. The van der Waals surface area contributed by atoms with E-state index in [9.17, 15) is 0 Å². The molecule has 5 nitrogen and oxygen atoms in total. The Balaban J connectivity index is 1.30. The van der Waals surface area contributed by atoms with Gasteiger partial charge in [0.1, 0.15) is 5.52 Å². The van der Waals surface area contributed by atoms with Gasteiger partial charge in [-0.1, -0.05) is 48.5 Å². The number of oxazole rings is 1. The van der Waals surface area contributed by atoms with Crippen molar-refractivity contribution in [1.82, 2.24) is 9.97 Å². The molecular weight excluding hydrogens is 459 g/mol. The Hall–Kier alpha value is -3.87. The monoisotopic (exact) mass is 486 g/mol. The Morgan fingerprint density at radius 1 is 0.703 bits per heavy atom. The van der Waals surface area contributed by atoms with E-state index < -0.39 is 0 Å². The third kappa shape index (κ3) is 3.51. The predicted octanol–water partition coefficient (Wildman–Crippen LogP) is 7.10. The number of hydrogen-bond acceptors (Lipinski definition) is 4. The summed E-state index contributed by atoms with van der Waals surface area (Å²) in [5.41, 5.74) is 7.14. The lowest BCUT2D eigenvalue weighted by Gasteiger charge is -2.32. The summed E-state index contributed by atoms with van der Waals surface area (Å²) >= 11 is 0. The van der Waals surface area contributed by atoms with E-state index in [0.717, 1.165) is 55.1 Å². The highest BCUT2D eigenvalue weighted by Gasteiger charge is 2.51. The molecule has 182 valence electrons. The first-order valence-electron chi connectivity index (χ1n) is 12.7. The molecule has 6 heteroatoms. The van der Waals surface area contributed by atoms with E-state index in [-0.39, 0.29) is 18.3 Å². The molecule has 0 unspecified atom stereocenters. The summed E-state index contributed by atoms with van der Waals surface area (Å²) in [6.07, 6.45) is 0. The topological polar surface area (TPSA) is 60.3 Å². The lowest BCUT2D eigenvalue weighted by atomic mass is 9.78. The fourth-order valence-electron chi connectivity index (χ4n) is 5.08. The molecule has 0 atom stereocenters. The first-order valence-corrected chi connectivity index (χ1v) is 12.7. The van der Waals surface area contributed by atoms with Crippen molar-refractivity contribution in [3.63, 3.8) is 0 Å². The normalized spacial score (nSPS) is 16.8. The number of fused-ring (bicyclic) bond motifs is 5. The van der Waals surface area contributed by atoms with Gasteiger partial charge >= 0.3 is 7.12 Å². The second-order valence-corrected chi connectivity index (χ2v) is 10.8. The van der Waals surface area contributed by atoms with Gasteiger partial charge < -0.3 is 18.7 Å². The van der Waals surface area contributed by atoms with Crippen LogP contribution in [0.3, 0.4) is 0 Å². The van der Waals surface area contributed by atoms with Crippen LogP contribution in [0.15, 0.2) is 89.3 Å². The van der Waals surface area contributed by atoms with Crippen LogP contribution in [0.5, 0.6) is 0 Å². The number of benzene rings is 4. The summed E-state index contributed by atoms with van der Waals surface area (Å²) in [5, 5.41) is 2.26. The Kier molecular flexibility index (Phi) is 4.72. The molecule has 0 spiro atoms. The summed E-state index contributed by atoms with van der Waals surface area (Å²) in [7, 11) is -0.389.